The van der Waals surface area contributed by atoms with E-state index in [1.54, 1.807) is 13.8 Å². The van der Waals surface area contributed by atoms with Crippen molar-refractivity contribution in [2.24, 2.45) is 0 Å². The minimum Gasteiger partial charge on any atom is -0.480 e. The molecular weight excluding hydrogens is 246 g/mol. The minimum atomic E-state index is -0.839. The number of hydrogen-bond acceptors (Lipinski definition) is 4. The van der Waals surface area contributed by atoms with Crippen molar-refractivity contribution in [1.82, 2.24) is 4.90 Å². The second-order valence-corrected chi connectivity index (χ2v) is 6.27. The molecule has 0 aromatic carbocycles. The molecule has 0 radical (unpaired) electrons. The zero-order chi connectivity index (χ0) is 14.1. The van der Waals surface area contributed by atoms with Gasteiger partial charge in [0.15, 0.2) is 0 Å². The Kier molecular flexibility index (Phi) is 4.18. The van der Waals surface area contributed by atoms with Crippen molar-refractivity contribution in [3.63, 3.8) is 0 Å². The second-order valence-electron chi connectivity index (χ2n) is 6.27. The van der Waals surface area contributed by atoms with Crippen LogP contribution in [0.15, 0.2) is 0 Å². The first kappa shape index (κ1) is 14.8. The lowest BCUT2D eigenvalue weighted by atomic mass is 9.82. The number of likely N-dealkylation sites (N-methyl/N-ethyl adjacent to an activating group) is 1. The Bertz CT molecular complexity index is 331. The van der Waals surface area contributed by atoms with Gasteiger partial charge in [-0.05, 0) is 46.6 Å². The lowest BCUT2D eigenvalue weighted by Crippen LogP contribution is -2.57. The Balaban J connectivity index is 2.06. The van der Waals surface area contributed by atoms with Gasteiger partial charge >= 0.3 is 5.97 Å². The second kappa shape index (κ2) is 5.38. The highest BCUT2D eigenvalue weighted by molar-refractivity contribution is 5.77. The molecule has 2 saturated heterocycles. The maximum atomic E-state index is 11.4. The molecule has 0 aromatic rings. The molecule has 0 amide bonds. The van der Waals surface area contributed by atoms with Gasteiger partial charge in [0.05, 0.1) is 5.60 Å². The van der Waals surface area contributed by atoms with E-state index >= 15 is 0 Å². The lowest BCUT2D eigenvalue weighted by molar-refractivity contribution is -0.166. The number of hydrogen-bond donors (Lipinski definition) is 1. The van der Waals surface area contributed by atoms with Crippen molar-refractivity contribution in [1.29, 1.82) is 0 Å². The molecule has 1 atom stereocenters. The summed E-state index contributed by atoms with van der Waals surface area (Å²) in [7, 11) is 1.91. The van der Waals surface area contributed by atoms with Crippen molar-refractivity contribution in [3.8, 4) is 0 Å². The van der Waals surface area contributed by atoms with Crippen LogP contribution in [0.1, 0.15) is 39.5 Å². The average molecular weight is 271 g/mol. The van der Waals surface area contributed by atoms with E-state index < -0.39 is 11.5 Å². The van der Waals surface area contributed by atoms with Crippen LogP contribution in [0.2, 0.25) is 0 Å². The Morgan fingerprint density at radius 3 is 2.53 bits per heavy atom. The van der Waals surface area contributed by atoms with Gasteiger partial charge in [-0.1, -0.05) is 0 Å². The van der Waals surface area contributed by atoms with Crippen LogP contribution in [-0.2, 0) is 14.3 Å². The first-order valence-electron chi connectivity index (χ1n) is 7.05. The van der Waals surface area contributed by atoms with Gasteiger partial charge in [0.1, 0.15) is 5.54 Å². The summed E-state index contributed by atoms with van der Waals surface area (Å²) in [5.41, 5.74) is -0.932. The van der Waals surface area contributed by atoms with E-state index in [1.807, 2.05) is 11.9 Å². The van der Waals surface area contributed by atoms with Gasteiger partial charge in [0.2, 0.25) is 0 Å². The number of nitrogens with zero attached hydrogens (tertiary/aromatic N) is 1. The minimum absolute atomic E-state index is 0.0932. The van der Waals surface area contributed by atoms with Gasteiger partial charge in [0.25, 0.3) is 0 Å². The molecule has 0 aliphatic carbocycles. The first-order chi connectivity index (χ1) is 8.87. The molecule has 2 heterocycles. The molecule has 2 rings (SSSR count). The molecule has 5 nitrogen and oxygen atoms in total. The fourth-order valence-electron chi connectivity index (χ4n) is 3.03. The van der Waals surface area contributed by atoms with E-state index in [0.29, 0.717) is 6.61 Å². The van der Waals surface area contributed by atoms with Crippen LogP contribution in [-0.4, -0.2) is 60.0 Å². The fraction of sp³-hybridized carbons (Fsp3) is 0.929. The van der Waals surface area contributed by atoms with Gasteiger partial charge in [0, 0.05) is 25.9 Å². The molecule has 2 fully saturated rings. The Morgan fingerprint density at radius 2 is 1.95 bits per heavy atom. The van der Waals surface area contributed by atoms with Crippen molar-refractivity contribution in [3.05, 3.63) is 0 Å². The maximum Gasteiger partial charge on any atom is 0.323 e. The zero-order valence-electron chi connectivity index (χ0n) is 12.1. The van der Waals surface area contributed by atoms with Crippen molar-refractivity contribution < 1.29 is 19.4 Å². The number of carboxylic acid groups (broad SMARTS) is 1. The summed E-state index contributed by atoms with van der Waals surface area (Å²) < 4.78 is 11.4. The van der Waals surface area contributed by atoms with E-state index in [9.17, 15) is 9.90 Å². The summed E-state index contributed by atoms with van der Waals surface area (Å²) in [5.74, 6) is -0.775. The summed E-state index contributed by atoms with van der Waals surface area (Å²) >= 11 is 0. The summed E-state index contributed by atoms with van der Waals surface area (Å²) in [6.07, 6.45) is 3.65. The number of ether oxygens (including phenoxy) is 2. The number of aliphatic carboxylic acids is 1. The van der Waals surface area contributed by atoms with Gasteiger partial charge < -0.3 is 14.6 Å². The SMILES string of the molecule is CN(C1CCOC2(CCOCC2)C1)C(C)(C)C(=O)O. The van der Waals surface area contributed by atoms with Crippen molar-refractivity contribution in [2.75, 3.05) is 26.9 Å². The van der Waals surface area contributed by atoms with Gasteiger partial charge in [-0.2, -0.15) is 0 Å². The van der Waals surface area contributed by atoms with Crippen LogP contribution in [0.25, 0.3) is 0 Å². The van der Waals surface area contributed by atoms with E-state index in [-0.39, 0.29) is 11.6 Å². The fourth-order valence-corrected chi connectivity index (χ4v) is 3.03. The highest BCUT2D eigenvalue weighted by Crippen LogP contribution is 2.37. The number of carbonyl (C=O) groups is 1. The van der Waals surface area contributed by atoms with Gasteiger partial charge in [-0.25, -0.2) is 0 Å². The summed E-state index contributed by atoms with van der Waals surface area (Å²) in [4.78, 5) is 13.4. The molecular formula is C14H25NO4. The quantitative estimate of drug-likeness (QED) is 0.843. The van der Waals surface area contributed by atoms with Crippen LogP contribution >= 0.6 is 0 Å². The summed E-state index contributed by atoms with van der Waals surface area (Å²) in [5, 5.41) is 9.35. The predicted octanol–water partition coefficient (Wildman–Crippen LogP) is 1.51. The highest BCUT2D eigenvalue weighted by atomic mass is 16.5. The monoisotopic (exact) mass is 271 g/mol. The molecule has 110 valence electrons. The molecule has 1 N–H and O–H groups in total. The summed E-state index contributed by atoms with van der Waals surface area (Å²) in [6.45, 7) is 5.74. The topological polar surface area (TPSA) is 59.0 Å². The molecule has 2 aliphatic heterocycles. The molecule has 1 spiro atoms. The molecule has 2 aliphatic rings. The lowest BCUT2D eigenvalue weighted by Gasteiger charge is -2.48. The molecule has 0 saturated carbocycles. The molecule has 1 unspecified atom stereocenters. The number of rotatable bonds is 3. The largest absolute Gasteiger partial charge is 0.480 e. The Labute approximate surface area is 114 Å². The average Bonchev–Trinajstić information content (AvgIpc) is 2.38. The molecule has 5 heteroatoms. The predicted molar refractivity (Wildman–Crippen MR) is 71.2 cm³/mol. The summed E-state index contributed by atoms with van der Waals surface area (Å²) in [6, 6.07) is 0.262. The smallest absolute Gasteiger partial charge is 0.323 e. The van der Waals surface area contributed by atoms with Crippen LogP contribution in [0.5, 0.6) is 0 Å². The normalized spacial score (nSPS) is 27.7. The van der Waals surface area contributed by atoms with Crippen molar-refractivity contribution >= 4 is 5.97 Å². The third-order valence-electron chi connectivity index (χ3n) is 4.82. The van der Waals surface area contributed by atoms with E-state index in [2.05, 4.69) is 0 Å². The standard InChI is InChI=1S/C14H25NO4/c1-13(2,12(16)17)15(3)11-4-7-19-14(10-11)5-8-18-9-6-14/h11H,4-10H2,1-3H3,(H,16,17). The van der Waals surface area contributed by atoms with Crippen LogP contribution in [0.3, 0.4) is 0 Å². The third kappa shape index (κ3) is 2.93. The van der Waals surface area contributed by atoms with E-state index in [4.69, 9.17) is 9.47 Å². The highest BCUT2D eigenvalue weighted by Gasteiger charge is 2.44. The molecule has 0 bridgehead atoms. The van der Waals surface area contributed by atoms with Crippen LogP contribution < -0.4 is 0 Å². The van der Waals surface area contributed by atoms with Gasteiger partial charge in [-0.3, -0.25) is 9.69 Å². The third-order valence-corrected chi connectivity index (χ3v) is 4.82. The van der Waals surface area contributed by atoms with Crippen LogP contribution in [0, 0.1) is 0 Å². The maximum absolute atomic E-state index is 11.4. The number of carboxylic acids is 1. The van der Waals surface area contributed by atoms with Gasteiger partial charge in [-0.15, -0.1) is 0 Å². The van der Waals surface area contributed by atoms with E-state index in [1.165, 1.54) is 0 Å². The van der Waals surface area contributed by atoms with Crippen molar-refractivity contribution in [2.45, 2.75) is 56.7 Å². The molecule has 0 aromatic heterocycles. The zero-order valence-corrected chi connectivity index (χ0v) is 12.1. The van der Waals surface area contributed by atoms with E-state index in [0.717, 1.165) is 38.9 Å². The van der Waals surface area contributed by atoms with Crippen LogP contribution in [0.4, 0.5) is 0 Å². The Hall–Kier alpha value is -0.650. The first-order valence-corrected chi connectivity index (χ1v) is 7.05. The Morgan fingerprint density at radius 1 is 1.32 bits per heavy atom. The molecule has 19 heavy (non-hydrogen) atoms.